The first kappa shape index (κ1) is 26.2. The molecule has 0 unspecified atom stereocenters. The standard InChI is InChI=1S/C28H26O8/c1-27(2,17-8-10-19(23(29)30)21(13-17)25(33)34)15-6-5-7-16(12-15)28(3,4)18-9-11-20(24(31)32)22(14-18)26(35)36/h5-14H,1-4H3,(H,29,30)(H,31,32)(H,33,34)(H,35,36). The molecule has 36 heavy (non-hydrogen) atoms. The van der Waals surface area contributed by atoms with E-state index in [1.807, 2.05) is 52.0 Å². The van der Waals surface area contributed by atoms with Gasteiger partial charge in [-0.3, -0.25) is 0 Å². The van der Waals surface area contributed by atoms with Gasteiger partial charge in [-0.25, -0.2) is 19.2 Å². The smallest absolute Gasteiger partial charge is 0.336 e. The number of hydrogen-bond acceptors (Lipinski definition) is 4. The minimum absolute atomic E-state index is 0.295. The highest BCUT2D eigenvalue weighted by molar-refractivity contribution is 6.02. The van der Waals surface area contributed by atoms with E-state index < -0.39 is 34.7 Å². The van der Waals surface area contributed by atoms with Crippen molar-refractivity contribution in [3.63, 3.8) is 0 Å². The van der Waals surface area contributed by atoms with E-state index in [1.165, 1.54) is 24.3 Å². The fraction of sp³-hybridized carbons (Fsp3) is 0.214. The van der Waals surface area contributed by atoms with Gasteiger partial charge in [0, 0.05) is 10.8 Å². The summed E-state index contributed by atoms with van der Waals surface area (Å²) in [5.74, 6) is -5.32. The predicted molar refractivity (Wildman–Crippen MR) is 131 cm³/mol. The van der Waals surface area contributed by atoms with E-state index in [-0.39, 0.29) is 22.3 Å². The van der Waals surface area contributed by atoms with E-state index >= 15 is 0 Å². The minimum Gasteiger partial charge on any atom is -0.478 e. The van der Waals surface area contributed by atoms with Crippen LogP contribution in [-0.4, -0.2) is 44.3 Å². The number of aromatic carboxylic acids is 4. The number of carboxylic acid groups (broad SMARTS) is 4. The largest absolute Gasteiger partial charge is 0.478 e. The van der Waals surface area contributed by atoms with Crippen LogP contribution >= 0.6 is 0 Å². The van der Waals surface area contributed by atoms with Crippen molar-refractivity contribution in [3.8, 4) is 0 Å². The molecule has 0 spiro atoms. The predicted octanol–water partition coefficient (Wildman–Crippen LogP) is 5.13. The molecule has 3 rings (SSSR count). The fourth-order valence-electron chi connectivity index (χ4n) is 4.22. The number of hydrogen-bond donors (Lipinski definition) is 4. The third kappa shape index (κ3) is 4.70. The lowest BCUT2D eigenvalue weighted by Crippen LogP contribution is -2.24. The van der Waals surface area contributed by atoms with E-state index in [1.54, 1.807) is 12.1 Å². The number of rotatable bonds is 8. The van der Waals surface area contributed by atoms with Gasteiger partial charge in [-0.15, -0.1) is 0 Å². The van der Waals surface area contributed by atoms with Crippen molar-refractivity contribution in [2.45, 2.75) is 38.5 Å². The molecule has 4 N–H and O–H groups in total. The molecular weight excluding hydrogens is 464 g/mol. The van der Waals surface area contributed by atoms with E-state index in [9.17, 15) is 39.6 Å². The van der Waals surface area contributed by atoms with Crippen LogP contribution < -0.4 is 0 Å². The summed E-state index contributed by atoms with van der Waals surface area (Å²) in [5, 5.41) is 37.7. The first-order valence-electron chi connectivity index (χ1n) is 11.0. The molecule has 0 aliphatic carbocycles. The van der Waals surface area contributed by atoms with Crippen molar-refractivity contribution < 1.29 is 39.6 Å². The van der Waals surface area contributed by atoms with Gasteiger partial charge < -0.3 is 20.4 Å². The van der Waals surface area contributed by atoms with Crippen LogP contribution in [-0.2, 0) is 10.8 Å². The Hall–Kier alpha value is -4.46. The van der Waals surface area contributed by atoms with E-state index in [4.69, 9.17) is 0 Å². The average molecular weight is 491 g/mol. The molecular formula is C28H26O8. The van der Waals surface area contributed by atoms with Crippen molar-refractivity contribution >= 4 is 23.9 Å². The number of carboxylic acids is 4. The highest BCUT2D eigenvalue weighted by atomic mass is 16.4. The topological polar surface area (TPSA) is 149 Å². The van der Waals surface area contributed by atoms with Gasteiger partial charge in [-0.2, -0.15) is 0 Å². The van der Waals surface area contributed by atoms with Crippen molar-refractivity contribution in [2.24, 2.45) is 0 Å². The van der Waals surface area contributed by atoms with Crippen LogP contribution in [0.1, 0.15) is 91.4 Å². The molecule has 0 aliphatic heterocycles. The summed E-state index contributed by atoms with van der Waals surface area (Å²) in [6.45, 7) is 7.57. The van der Waals surface area contributed by atoms with E-state index in [2.05, 4.69) is 0 Å². The SMILES string of the molecule is CC(C)(c1cccc(C(C)(C)c2ccc(C(=O)O)c(C(=O)O)c2)c1)c1ccc(C(=O)O)c(C(=O)O)c1. The second kappa shape index (κ2) is 9.30. The van der Waals surface area contributed by atoms with Gasteiger partial charge in [0.2, 0.25) is 0 Å². The molecule has 186 valence electrons. The molecule has 0 aliphatic rings. The van der Waals surface area contributed by atoms with Crippen molar-refractivity contribution in [3.05, 3.63) is 105 Å². The van der Waals surface area contributed by atoms with Gasteiger partial charge in [0.25, 0.3) is 0 Å². The Morgan fingerprint density at radius 3 is 1.08 bits per heavy atom. The van der Waals surface area contributed by atoms with Crippen LogP contribution in [0.5, 0.6) is 0 Å². The van der Waals surface area contributed by atoms with Crippen molar-refractivity contribution in [1.29, 1.82) is 0 Å². The molecule has 0 heterocycles. The highest BCUT2D eigenvalue weighted by Crippen LogP contribution is 2.38. The maximum atomic E-state index is 11.7. The summed E-state index contributed by atoms with van der Waals surface area (Å²) < 4.78 is 0. The van der Waals surface area contributed by atoms with Crippen LogP contribution in [0.2, 0.25) is 0 Å². The molecule has 0 atom stereocenters. The van der Waals surface area contributed by atoms with Crippen LogP contribution in [0, 0.1) is 0 Å². The summed E-state index contributed by atoms with van der Waals surface area (Å²) in [6.07, 6.45) is 0. The zero-order chi connectivity index (χ0) is 27.0. The zero-order valence-electron chi connectivity index (χ0n) is 20.2. The second-order valence-corrected chi connectivity index (χ2v) is 9.57. The molecule has 0 amide bonds. The first-order valence-corrected chi connectivity index (χ1v) is 11.0. The van der Waals surface area contributed by atoms with Crippen LogP contribution in [0.15, 0.2) is 60.7 Å². The van der Waals surface area contributed by atoms with Gasteiger partial charge in [-0.1, -0.05) is 64.1 Å². The lowest BCUT2D eigenvalue weighted by Gasteiger charge is -2.31. The van der Waals surface area contributed by atoms with Crippen molar-refractivity contribution in [1.82, 2.24) is 0 Å². The summed E-state index contributed by atoms with van der Waals surface area (Å²) in [7, 11) is 0. The molecule has 0 fully saturated rings. The Morgan fingerprint density at radius 1 is 0.472 bits per heavy atom. The Labute approximate surface area is 207 Å². The maximum absolute atomic E-state index is 11.7. The maximum Gasteiger partial charge on any atom is 0.336 e. The minimum atomic E-state index is -1.33. The summed E-state index contributed by atoms with van der Waals surface area (Å²) in [4.78, 5) is 46.2. The molecule has 8 heteroatoms. The van der Waals surface area contributed by atoms with Crippen LogP contribution in [0.3, 0.4) is 0 Å². The molecule has 0 radical (unpaired) electrons. The molecule has 0 aromatic heterocycles. The molecule has 3 aromatic carbocycles. The Balaban J connectivity index is 2.10. The quantitative estimate of drug-likeness (QED) is 0.339. The first-order chi connectivity index (χ1) is 16.7. The average Bonchev–Trinajstić information content (AvgIpc) is 2.83. The monoisotopic (exact) mass is 490 g/mol. The van der Waals surface area contributed by atoms with Crippen LogP contribution in [0.25, 0.3) is 0 Å². The highest BCUT2D eigenvalue weighted by Gasteiger charge is 2.30. The Kier molecular flexibility index (Phi) is 6.75. The lowest BCUT2D eigenvalue weighted by molar-refractivity contribution is 0.0651. The van der Waals surface area contributed by atoms with Crippen molar-refractivity contribution in [2.75, 3.05) is 0 Å². The molecule has 8 nitrogen and oxygen atoms in total. The Morgan fingerprint density at radius 2 is 0.778 bits per heavy atom. The third-order valence-electron chi connectivity index (χ3n) is 6.71. The van der Waals surface area contributed by atoms with Gasteiger partial charge in [0.1, 0.15) is 0 Å². The van der Waals surface area contributed by atoms with Gasteiger partial charge in [-0.05, 0) is 46.5 Å². The summed E-state index contributed by atoms with van der Waals surface area (Å²) in [6, 6.07) is 16.0. The van der Waals surface area contributed by atoms with E-state index in [0.717, 1.165) is 11.1 Å². The molecule has 0 saturated heterocycles. The van der Waals surface area contributed by atoms with Gasteiger partial charge in [0.15, 0.2) is 0 Å². The fourth-order valence-corrected chi connectivity index (χ4v) is 4.22. The number of carbonyl (C=O) groups is 4. The van der Waals surface area contributed by atoms with Gasteiger partial charge in [0.05, 0.1) is 22.3 Å². The number of benzene rings is 3. The lowest BCUT2D eigenvalue weighted by atomic mass is 9.72. The Bertz CT molecular complexity index is 1300. The van der Waals surface area contributed by atoms with Crippen LogP contribution in [0.4, 0.5) is 0 Å². The summed E-state index contributed by atoms with van der Waals surface area (Å²) in [5.41, 5.74) is 0.277. The molecule has 0 bridgehead atoms. The zero-order valence-corrected chi connectivity index (χ0v) is 20.2. The molecule has 3 aromatic rings. The normalized spacial score (nSPS) is 11.7. The van der Waals surface area contributed by atoms with E-state index in [0.29, 0.717) is 11.1 Å². The second-order valence-electron chi connectivity index (χ2n) is 9.57. The van der Waals surface area contributed by atoms with Gasteiger partial charge >= 0.3 is 23.9 Å². The third-order valence-corrected chi connectivity index (χ3v) is 6.71. The molecule has 0 saturated carbocycles. The summed E-state index contributed by atoms with van der Waals surface area (Å²) >= 11 is 0.